The number of hydrogen-bond donors (Lipinski definition) is 0. The molecule has 0 saturated carbocycles. The van der Waals surface area contributed by atoms with E-state index < -0.39 is 18.2 Å². The molecule has 0 heterocycles. The van der Waals surface area contributed by atoms with Gasteiger partial charge in [-0.1, -0.05) is 17.7 Å². The normalized spacial score (nSPS) is 13.4. The second-order valence-corrected chi connectivity index (χ2v) is 4.60. The summed E-state index contributed by atoms with van der Waals surface area (Å²) in [5.74, 6) is 0.573. The van der Waals surface area contributed by atoms with Gasteiger partial charge in [0.1, 0.15) is 12.4 Å². The Morgan fingerprint density at radius 2 is 2.00 bits per heavy atom. The van der Waals surface area contributed by atoms with E-state index in [2.05, 4.69) is 4.74 Å². The van der Waals surface area contributed by atoms with Crippen LogP contribution in [0.3, 0.4) is 0 Å². The first-order valence-corrected chi connectivity index (χ1v) is 6.29. The third-order valence-corrected chi connectivity index (χ3v) is 2.69. The van der Waals surface area contributed by atoms with Crippen LogP contribution >= 0.6 is 11.6 Å². The van der Waals surface area contributed by atoms with Gasteiger partial charge in [0.15, 0.2) is 0 Å². The van der Waals surface area contributed by atoms with Crippen LogP contribution in [0, 0.1) is 6.92 Å². The Kier molecular flexibility index (Phi) is 5.94. The molecule has 0 fully saturated rings. The molecule has 0 N–H and O–H groups in total. The zero-order valence-electron chi connectivity index (χ0n) is 10.8. The fourth-order valence-electron chi connectivity index (χ4n) is 1.57. The van der Waals surface area contributed by atoms with Crippen LogP contribution in [0.15, 0.2) is 18.2 Å². The van der Waals surface area contributed by atoms with Gasteiger partial charge in [0.25, 0.3) is 0 Å². The SMILES string of the molecule is CCOc1ccc(C)cc1C(Cl)COCC(F)(F)F. The fourth-order valence-corrected chi connectivity index (χ4v) is 1.83. The van der Waals surface area contributed by atoms with Crippen LogP contribution in [0.5, 0.6) is 5.75 Å². The van der Waals surface area contributed by atoms with Crippen LogP contribution in [-0.2, 0) is 4.74 Å². The van der Waals surface area contributed by atoms with E-state index >= 15 is 0 Å². The van der Waals surface area contributed by atoms with Crippen molar-refractivity contribution in [2.75, 3.05) is 19.8 Å². The Morgan fingerprint density at radius 3 is 2.58 bits per heavy atom. The Morgan fingerprint density at radius 1 is 1.32 bits per heavy atom. The summed E-state index contributed by atoms with van der Waals surface area (Å²) >= 11 is 6.08. The summed E-state index contributed by atoms with van der Waals surface area (Å²) in [4.78, 5) is 0. The maximum atomic E-state index is 12.0. The van der Waals surface area contributed by atoms with Gasteiger partial charge in [0.05, 0.1) is 18.6 Å². The molecular formula is C13H16ClF3O2. The molecule has 1 unspecified atom stereocenters. The molecule has 0 spiro atoms. The molecule has 2 nitrogen and oxygen atoms in total. The van der Waals surface area contributed by atoms with E-state index in [1.807, 2.05) is 19.9 Å². The number of alkyl halides is 4. The lowest BCUT2D eigenvalue weighted by Crippen LogP contribution is -2.18. The summed E-state index contributed by atoms with van der Waals surface area (Å²) < 4.78 is 45.9. The predicted molar refractivity (Wildman–Crippen MR) is 67.8 cm³/mol. The van der Waals surface area contributed by atoms with E-state index in [9.17, 15) is 13.2 Å². The van der Waals surface area contributed by atoms with Crippen molar-refractivity contribution < 1.29 is 22.6 Å². The smallest absolute Gasteiger partial charge is 0.411 e. The van der Waals surface area contributed by atoms with Crippen molar-refractivity contribution in [2.24, 2.45) is 0 Å². The fraction of sp³-hybridized carbons (Fsp3) is 0.538. The molecule has 19 heavy (non-hydrogen) atoms. The molecule has 0 amide bonds. The highest BCUT2D eigenvalue weighted by molar-refractivity contribution is 6.21. The van der Waals surface area contributed by atoms with Crippen LogP contribution in [0.25, 0.3) is 0 Å². The molecule has 108 valence electrons. The van der Waals surface area contributed by atoms with E-state index in [1.54, 1.807) is 12.1 Å². The van der Waals surface area contributed by atoms with Gasteiger partial charge in [-0.25, -0.2) is 0 Å². The molecule has 1 rings (SSSR count). The topological polar surface area (TPSA) is 18.5 Å². The maximum absolute atomic E-state index is 12.0. The Bertz CT molecular complexity index is 407. The Balaban J connectivity index is 2.69. The zero-order valence-corrected chi connectivity index (χ0v) is 11.5. The van der Waals surface area contributed by atoms with Gasteiger partial charge in [0, 0.05) is 5.56 Å². The summed E-state index contributed by atoms with van der Waals surface area (Å²) in [5.41, 5.74) is 1.60. The van der Waals surface area contributed by atoms with Gasteiger partial charge in [0.2, 0.25) is 0 Å². The van der Waals surface area contributed by atoms with Crippen molar-refractivity contribution in [3.05, 3.63) is 29.3 Å². The third kappa shape index (κ3) is 5.70. The highest BCUT2D eigenvalue weighted by Gasteiger charge is 2.28. The van der Waals surface area contributed by atoms with Gasteiger partial charge in [-0.3, -0.25) is 0 Å². The molecular weight excluding hydrogens is 281 g/mol. The van der Waals surface area contributed by atoms with E-state index in [1.165, 1.54) is 0 Å². The van der Waals surface area contributed by atoms with E-state index in [4.69, 9.17) is 16.3 Å². The lowest BCUT2D eigenvalue weighted by molar-refractivity contribution is -0.173. The maximum Gasteiger partial charge on any atom is 0.411 e. The van der Waals surface area contributed by atoms with Crippen molar-refractivity contribution in [1.82, 2.24) is 0 Å². The molecule has 0 aliphatic carbocycles. The number of hydrogen-bond acceptors (Lipinski definition) is 2. The van der Waals surface area contributed by atoms with E-state index in [-0.39, 0.29) is 6.61 Å². The molecule has 0 radical (unpaired) electrons. The van der Waals surface area contributed by atoms with Crippen molar-refractivity contribution in [3.63, 3.8) is 0 Å². The monoisotopic (exact) mass is 296 g/mol. The van der Waals surface area contributed by atoms with Crippen molar-refractivity contribution >= 4 is 11.6 Å². The minimum absolute atomic E-state index is 0.218. The first-order chi connectivity index (χ1) is 8.83. The van der Waals surface area contributed by atoms with Gasteiger partial charge in [-0.05, 0) is 19.9 Å². The highest BCUT2D eigenvalue weighted by atomic mass is 35.5. The number of rotatable bonds is 6. The van der Waals surface area contributed by atoms with Crippen LogP contribution in [-0.4, -0.2) is 26.0 Å². The Labute approximate surface area is 115 Å². The van der Waals surface area contributed by atoms with E-state index in [0.29, 0.717) is 17.9 Å². The molecule has 0 bridgehead atoms. The number of ether oxygens (including phenoxy) is 2. The second-order valence-electron chi connectivity index (χ2n) is 4.07. The molecule has 1 aromatic rings. The standard InChI is InChI=1S/C13H16ClF3O2/c1-3-19-12-5-4-9(2)6-10(12)11(14)7-18-8-13(15,16)17/h4-6,11H,3,7-8H2,1-2H3. The largest absolute Gasteiger partial charge is 0.494 e. The van der Waals surface area contributed by atoms with Gasteiger partial charge in [-0.15, -0.1) is 11.6 Å². The van der Waals surface area contributed by atoms with Crippen molar-refractivity contribution in [1.29, 1.82) is 0 Å². The lowest BCUT2D eigenvalue weighted by atomic mass is 10.1. The zero-order chi connectivity index (χ0) is 14.5. The Hall–Kier alpha value is -0.940. The minimum Gasteiger partial charge on any atom is -0.494 e. The minimum atomic E-state index is -4.34. The van der Waals surface area contributed by atoms with Gasteiger partial charge >= 0.3 is 6.18 Å². The lowest BCUT2D eigenvalue weighted by Gasteiger charge is -2.16. The van der Waals surface area contributed by atoms with E-state index in [0.717, 1.165) is 5.56 Å². The molecule has 1 atom stereocenters. The molecule has 0 aliphatic rings. The van der Waals surface area contributed by atoms with Crippen LogP contribution in [0.2, 0.25) is 0 Å². The summed E-state index contributed by atoms with van der Waals surface area (Å²) in [7, 11) is 0. The average molecular weight is 297 g/mol. The van der Waals surface area contributed by atoms with Crippen LogP contribution in [0.1, 0.15) is 23.4 Å². The molecule has 1 aromatic carbocycles. The predicted octanol–water partition coefficient (Wildman–Crippen LogP) is 4.25. The quantitative estimate of drug-likeness (QED) is 0.731. The molecule has 0 aromatic heterocycles. The highest BCUT2D eigenvalue weighted by Crippen LogP contribution is 2.31. The number of aryl methyl sites for hydroxylation is 1. The third-order valence-electron chi connectivity index (χ3n) is 2.33. The second kappa shape index (κ2) is 7.01. The molecule has 6 heteroatoms. The van der Waals surface area contributed by atoms with Crippen molar-refractivity contribution in [2.45, 2.75) is 25.4 Å². The van der Waals surface area contributed by atoms with Gasteiger partial charge in [-0.2, -0.15) is 13.2 Å². The van der Waals surface area contributed by atoms with Crippen LogP contribution < -0.4 is 4.74 Å². The summed E-state index contributed by atoms with van der Waals surface area (Å²) in [6.45, 7) is 2.64. The molecule has 0 saturated heterocycles. The summed E-state index contributed by atoms with van der Waals surface area (Å²) in [5, 5.41) is -0.677. The first-order valence-electron chi connectivity index (χ1n) is 5.85. The number of halogens is 4. The van der Waals surface area contributed by atoms with Crippen molar-refractivity contribution in [3.8, 4) is 5.75 Å². The summed E-state index contributed by atoms with van der Waals surface area (Å²) in [6, 6.07) is 5.40. The van der Waals surface area contributed by atoms with Gasteiger partial charge < -0.3 is 9.47 Å². The molecule has 0 aliphatic heterocycles. The first kappa shape index (κ1) is 16.1. The van der Waals surface area contributed by atoms with Crippen LogP contribution in [0.4, 0.5) is 13.2 Å². The summed E-state index contributed by atoms with van der Waals surface area (Å²) in [6.07, 6.45) is -4.34. The number of benzene rings is 1. The average Bonchev–Trinajstić information content (AvgIpc) is 2.30.